The van der Waals surface area contributed by atoms with E-state index in [1.54, 1.807) is 7.11 Å². The van der Waals surface area contributed by atoms with E-state index in [0.717, 1.165) is 70.6 Å². The maximum Gasteiger partial charge on any atom is 0.219 e. The lowest BCUT2D eigenvalue weighted by molar-refractivity contribution is -0.121. The molecule has 0 bridgehead atoms. The number of amides is 1. The predicted octanol–water partition coefficient (Wildman–Crippen LogP) is 4.57. The number of rotatable bonds is 17. The zero-order valence-electron chi connectivity index (χ0n) is 18.7. The third-order valence-electron chi connectivity index (χ3n) is 5.85. The van der Waals surface area contributed by atoms with Crippen molar-refractivity contribution in [1.29, 1.82) is 0 Å². The van der Waals surface area contributed by atoms with Gasteiger partial charge in [-0.2, -0.15) is 0 Å². The Bertz CT molecular complexity index is 478. The average molecular weight is 410 g/mol. The minimum Gasteiger partial charge on any atom is -0.389 e. The monoisotopic (exact) mass is 409 g/mol. The van der Waals surface area contributed by atoms with Crippen molar-refractivity contribution in [3.8, 4) is 0 Å². The number of aliphatic hydroxyl groups is 1. The number of carbonyl (C=O) groups is 2. The topological polar surface area (TPSA) is 75.6 Å². The van der Waals surface area contributed by atoms with E-state index in [0.29, 0.717) is 37.7 Å². The Kier molecular flexibility index (Phi) is 14.8. The van der Waals surface area contributed by atoms with Gasteiger partial charge >= 0.3 is 0 Å². The standard InChI is InChI=1S/C24H43NO4/c1-3-4-7-11-21(26)16-14-20-15-17-23(27)22(20)12-8-5-6-9-13-24(28)25-18-10-19-29-2/h14,16,20-22,26H,3-13,15,17-19H2,1-2H3,(H,25,28)/b16-14+/t20-,21-,22+/m0/s1. The molecule has 0 aromatic carbocycles. The lowest BCUT2D eigenvalue weighted by Crippen LogP contribution is -2.24. The molecule has 0 saturated heterocycles. The van der Waals surface area contributed by atoms with Gasteiger partial charge in [0.1, 0.15) is 5.78 Å². The number of hydrogen-bond acceptors (Lipinski definition) is 4. The van der Waals surface area contributed by atoms with Gasteiger partial charge in [-0.25, -0.2) is 0 Å². The van der Waals surface area contributed by atoms with Gasteiger partial charge in [0.05, 0.1) is 6.10 Å². The third-order valence-corrected chi connectivity index (χ3v) is 5.85. The van der Waals surface area contributed by atoms with Crippen LogP contribution in [0, 0.1) is 11.8 Å². The average Bonchev–Trinajstić information content (AvgIpc) is 3.06. The van der Waals surface area contributed by atoms with E-state index in [-0.39, 0.29) is 17.9 Å². The number of methoxy groups -OCH3 is 1. The van der Waals surface area contributed by atoms with Gasteiger partial charge in [-0.1, -0.05) is 57.6 Å². The normalized spacial score (nSPS) is 20.4. The summed E-state index contributed by atoms with van der Waals surface area (Å²) in [7, 11) is 1.66. The molecule has 1 aliphatic rings. The van der Waals surface area contributed by atoms with Gasteiger partial charge < -0.3 is 15.2 Å². The van der Waals surface area contributed by atoms with Crippen LogP contribution in [0.1, 0.15) is 90.4 Å². The van der Waals surface area contributed by atoms with Crippen LogP contribution in [-0.2, 0) is 14.3 Å². The van der Waals surface area contributed by atoms with Gasteiger partial charge in [0, 0.05) is 39.0 Å². The Morgan fingerprint density at radius 1 is 1.21 bits per heavy atom. The van der Waals surface area contributed by atoms with Gasteiger partial charge in [-0.05, 0) is 38.0 Å². The second kappa shape index (κ2) is 16.6. The molecule has 1 fully saturated rings. The number of allylic oxidation sites excluding steroid dienone is 1. The Balaban J connectivity index is 2.16. The van der Waals surface area contributed by atoms with Crippen molar-refractivity contribution in [1.82, 2.24) is 5.32 Å². The molecule has 3 atom stereocenters. The number of nitrogens with one attached hydrogen (secondary N) is 1. The number of carbonyl (C=O) groups excluding carboxylic acids is 2. The van der Waals surface area contributed by atoms with Gasteiger partial charge in [0.15, 0.2) is 0 Å². The van der Waals surface area contributed by atoms with Crippen LogP contribution in [0.4, 0.5) is 0 Å². The van der Waals surface area contributed by atoms with Crippen molar-refractivity contribution >= 4 is 11.7 Å². The summed E-state index contributed by atoms with van der Waals surface area (Å²) in [6, 6.07) is 0. The maximum atomic E-state index is 12.2. The lowest BCUT2D eigenvalue weighted by atomic mass is 9.89. The summed E-state index contributed by atoms with van der Waals surface area (Å²) in [5.74, 6) is 0.921. The largest absolute Gasteiger partial charge is 0.389 e. The number of ether oxygens (including phenoxy) is 1. The molecule has 1 rings (SSSR count). The van der Waals surface area contributed by atoms with Crippen LogP contribution >= 0.6 is 0 Å². The van der Waals surface area contributed by atoms with E-state index in [2.05, 4.69) is 18.3 Å². The molecule has 0 unspecified atom stereocenters. The molecule has 2 N–H and O–H groups in total. The van der Waals surface area contributed by atoms with Crippen molar-refractivity contribution in [2.45, 2.75) is 96.5 Å². The van der Waals surface area contributed by atoms with Gasteiger partial charge in [-0.3, -0.25) is 9.59 Å². The highest BCUT2D eigenvalue weighted by Crippen LogP contribution is 2.34. The molecule has 0 radical (unpaired) electrons. The molecule has 5 nitrogen and oxygen atoms in total. The molecule has 0 aromatic heterocycles. The number of unbranched alkanes of at least 4 members (excludes halogenated alkanes) is 5. The van der Waals surface area contributed by atoms with Crippen molar-refractivity contribution in [2.24, 2.45) is 11.8 Å². The summed E-state index contributed by atoms with van der Waals surface area (Å²) in [6.07, 6.45) is 15.8. The zero-order valence-corrected chi connectivity index (χ0v) is 18.7. The molecule has 0 heterocycles. The molecular formula is C24H43NO4. The van der Waals surface area contributed by atoms with E-state index in [9.17, 15) is 14.7 Å². The van der Waals surface area contributed by atoms with E-state index < -0.39 is 0 Å². The Labute approximate surface area is 177 Å². The third kappa shape index (κ3) is 12.2. The van der Waals surface area contributed by atoms with Gasteiger partial charge in [-0.15, -0.1) is 0 Å². The SMILES string of the molecule is CCCCC[C@H](O)/C=C/[C@H]1CCC(=O)[C@@H]1CCCCCCC(=O)NCCCOC. The smallest absolute Gasteiger partial charge is 0.219 e. The van der Waals surface area contributed by atoms with Crippen molar-refractivity contribution in [3.05, 3.63) is 12.2 Å². The van der Waals surface area contributed by atoms with E-state index in [4.69, 9.17) is 4.74 Å². The van der Waals surface area contributed by atoms with Crippen LogP contribution in [-0.4, -0.2) is 43.2 Å². The Morgan fingerprint density at radius 3 is 2.76 bits per heavy atom. The Morgan fingerprint density at radius 2 is 2.00 bits per heavy atom. The second-order valence-corrected chi connectivity index (χ2v) is 8.37. The summed E-state index contributed by atoms with van der Waals surface area (Å²) < 4.78 is 4.96. The van der Waals surface area contributed by atoms with Crippen LogP contribution in [0.2, 0.25) is 0 Å². The molecule has 0 spiro atoms. The molecule has 1 aliphatic carbocycles. The predicted molar refractivity (Wildman–Crippen MR) is 118 cm³/mol. The van der Waals surface area contributed by atoms with Crippen molar-refractivity contribution in [2.75, 3.05) is 20.3 Å². The zero-order chi connectivity index (χ0) is 21.3. The lowest BCUT2D eigenvalue weighted by Gasteiger charge is -2.15. The van der Waals surface area contributed by atoms with Crippen LogP contribution in [0.5, 0.6) is 0 Å². The molecule has 168 valence electrons. The first kappa shape index (κ1) is 25.8. The van der Waals surface area contributed by atoms with Crippen LogP contribution in [0.15, 0.2) is 12.2 Å². The highest BCUT2D eigenvalue weighted by atomic mass is 16.5. The minimum atomic E-state index is -0.376. The fourth-order valence-corrected chi connectivity index (χ4v) is 4.05. The van der Waals surface area contributed by atoms with E-state index >= 15 is 0 Å². The summed E-state index contributed by atoms with van der Waals surface area (Å²) in [6.45, 7) is 3.52. The first-order valence-electron chi connectivity index (χ1n) is 11.7. The number of hydrogen-bond donors (Lipinski definition) is 2. The molecule has 0 aliphatic heterocycles. The minimum absolute atomic E-state index is 0.120. The van der Waals surface area contributed by atoms with Crippen LogP contribution in [0.3, 0.4) is 0 Å². The quantitative estimate of drug-likeness (QED) is 0.272. The van der Waals surface area contributed by atoms with Crippen molar-refractivity contribution in [3.63, 3.8) is 0 Å². The molecule has 1 saturated carbocycles. The summed E-state index contributed by atoms with van der Waals surface area (Å²) in [4.78, 5) is 24.0. The highest BCUT2D eigenvalue weighted by molar-refractivity contribution is 5.83. The fraction of sp³-hybridized carbons (Fsp3) is 0.833. The van der Waals surface area contributed by atoms with Crippen LogP contribution < -0.4 is 5.32 Å². The molecule has 29 heavy (non-hydrogen) atoms. The molecular weight excluding hydrogens is 366 g/mol. The fourth-order valence-electron chi connectivity index (χ4n) is 4.05. The highest BCUT2D eigenvalue weighted by Gasteiger charge is 2.32. The molecule has 0 aromatic rings. The van der Waals surface area contributed by atoms with Crippen LogP contribution in [0.25, 0.3) is 0 Å². The van der Waals surface area contributed by atoms with Gasteiger partial charge in [0.25, 0.3) is 0 Å². The Hall–Kier alpha value is -1.20. The number of aliphatic hydroxyl groups excluding tert-OH is 1. The first-order chi connectivity index (χ1) is 14.1. The van der Waals surface area contributed by atoms with Gasteiger partial charge in [0.2, 0.25) is 5.91 Å². The number of ketones is 1. The molecule has 5 heteroatoms. The first-order valence-corrected chi connectivity index (χ1v) is 11.7. The maximum absolute atomic E-state index is 12.2. The summed E-state index contributed by atoms with van der Waals surface area (Å²) >= 11 is 0. The van der Waals surface area contributed by atoms with Crippen molar-refractivity contribution < 1.29 is 19.4 Å². The number of Topliss-reactive ketones (excluding diaryl/α,β-unsaturated/α-hetero) is 1. The summed E-state index contributed by atoms with van der Waals surface area (Å²) in [5, 5.41) is 13.0. The van der Waals surface area contributed by atoms with E-state index in [1.165, 1.54) is 0 Å². The van der Waals surface area contributed by atoms with E-state index in [1.807, 2.05) is 6.08 Å². The summed E-state index contributed by atoms with van der Waals surface area (Å²) in [5.41, 5.74) is 0. The molecule has 1 amide bonds. The second-order valence-electron chi connectivity index (χ2n) is 8.37.